The second-order valence-corrected chi connectivity index (χ2v) is 6.73. The minimum absolute atomic E-state index is 0.0250. The van der Waals surface area contributed by atoms with Crippen molar-refractivity contribution in [1.29, 1.82) is 5.26 Å². The third-order valence-electron chi connectivity index (χ3n) is 4.20. The molecule has 1 aromatic carbocycles. The number of aryl methyl sites for hydroxylation is 1. The number of benzene rings is 1. The Labute approximate surface area is 150 Å². The second-order valence-electron chi connectivity index (χ2n) is 6.29. The molecule has 0 spiro atoms. The highest BCUT2D eigenvalue weighted by molar-refractivity contribution is 6.31. The number of furan rings is 1. The topological polar surface area (TPSA) is 92.3 Å². The van der Waals surface area contributed by atoms with Crippen LogP contribution in [0, 0.1) is 24.2 Å². The lowest BCUT2D eigenvalue weighted by Gasteiger charge is -2.27. The van der Waals surface area contributed by atoms with E-state index in [1.54, 1.807) is 32.0 Å². The van der Waals surface area contributed by atoms with Gasteiger partial charge in [0.1, 0.15) is 11.1 Å². The van der Waals surface area contributed by atoms with Crippen molar-refractivity contribution in [2.75, 3.05) is 6.61 Å². The third-order valence-corrected chi connectivity index (χ3v) is 4.44. The summed E-state index contributed by atoms with van der Waals surface area (Å²) in [4.78, 5) is 24.2. The zero-order chi connectivity index (χ0) is 18.8. The lowest BCUT2D eigenvalue weighted by Crippen LogP contribution is -2.50. The summed E-state index contributed by atoms with van der Waals surface area (Å²) < 4.78 is 10.5. The van der Waals surface area contributed by atoms with Crippen LogP contribution in [0.15, 0.2) is 22.6 Å². The molecule has 0 fully saturated rings. The van der Waals surface area contributed by atoms with Gasteiger partial charge >= 0.3 is 5.97 Å². The molecule has 1 heterocycles. The Bertz CT molecular complexity index is 866. The Morgan fingerprint density at radius 2 is 2.12 bits per heavy atom. The maximum Gasteiger partial charge on any atom is 0.375 e. The smallest absolute Gasteiger partial charge is 0.375 e. The summed E-state index contributed by atoms with van der Waals surface area (Å²) in [5, 5.41) is 13.0. The highest BCUT2D eigenvalue weighted by Crippen LogP contribution is 2.28. The Morgan fingerprint density at radius 3 is 2.72 bits per heavy atom. The largest absolute Gasteiger partial charge is 0.450 e. The van der Waals surface area contributed by atoms with Crippen LogP contribution in [0.4, 0.5) is 0 Å². The standard InChI is InChI=1S/C18H19ClN2O4/c1-10(2)18(4,9-20)21-15(22)8-24-17(23)16-11(3)13-7-12(19)5-6-14(13)25-16/h5-7,10H,8H2,1-4H3,(H,21,22)/t18-/m1/s1. The van der Waals surface area contributed by atoms with Crippen LogP contribution in [0.1, 0.15) is 36.9 Å². The van der Waals surface area contributed by atoms with E-state index in [0.29, 0.717) is 21.6 Å². The average molecular weight is 363 g/mol. The maximum atomic E-state index is 12.2. The SMILES string of the molecule is Cc1c(C(=O)OCC(=O)N[C@](C)(C#N)C(C)C)oc2ccc(Cl)cc12. The summed E-state index contributed by atoms with van der Waals surface area (Å²) in [6, 6.07) is 7.07. The molecule has 6 nitrogen and oxygen atoms in total. The Kier molecular flexibility index (Phi) is 5.39. The molecular formula is C18H19ClN2O4. The van der Waals surface area contributed by atoms with Gasteiger partial charge < -0.3 is 14.5 Å². The van der Waals surface area contributed by atoms with E-state index in [-0.39, 0.29) is 11.7 Å². The highest BCUT2D eigenvalue weighted by atomic mass is 35.5. The van der Waals surface area contributed by atoms with E-state index < -0.39 is 24.0 Å². The predicted molar refractivity (Wildman–Crippen MR) is 93.2 cm³/mol. The molecule has 132 valence electrons. The number of ether oxygens (including phenoxy) is 1. The molecule has 0 saturated heterocycles. The van der Waals surface area contributed by atoms with Crippen molar-refractivity contribution in [2.24, 2.45) is 5.92 Å². The molecule has 2 aromatic rings. The van der Waals surface area contributed by atoms with E-state index in [1.807, 2.05) is 13.8 Å². The number of amides is 1. The second kappa shape index (κ2) is 7.16. The molecule has 0 radical (unpaired) electrons. The molecule has 2 rings (SSSR count). The molecule has 0 aliphatic rings. The van der Waals surface area contributed by atoms with Gasteiger partial charge in [0.05, 0.1) is 6.07 Å². The van der Waals surface area contributed by atoms with Crippen LogP contribution in [0.25, 0.3) is 11.0 Å². The Hall–Kier alpha value is -2.52. The minimum atomic E-state index is -1.03. The maximum absolute atomic E-state index is 12.2. The summed E-state index contributed by atoms with van der Waals surface area (Å²) in [7, 11) is 0. The van der Waals surface area contributed by atoms with Gasteiger partial charge in [-0.15, -0.1) is 0 Å². The first-order valence-electron chi connectivity index (χ1n) is 7.76. The Balaban J connectivity index is 2.07. The Morgan fingerprint density at radius 1 is 1.44 bits per heavy atom. The van der Waals surface area contributed by atoms with Crippen LogP contribution in [-0.2, 0) is 9.53 Å². The molecule has 1 N–H and O–H groups in total. The molecule has 0 bridgehead atoms. The van der Waals surface area contributed by atoms with Crippen LogP contribution in [0.5, 0.6) is 0 Å². The van der Waals surface area contributed by atoms with Gasteiger partial charge in [0.2, 0.25) is 5.76 Å². The van der Waals surface area contributed by atoms with Crippen LogP contribution in [0.3, 0.4) is 0 Å². The molecule has 1 aromatic heterocycles. The normalized spacial score (nSPS) is 13.3. The van der Waals surface area contributed by atoms with E-state index in [1.165, 1.54) is 0 Å². The number of nitriles is 1. The van der Waals surface area contributed by atoms with Gasteiger partial charge in [-0.05, 0) is 38.0 Å². The number of hydrogen-bond donors (Lipinski definition) is 1. The van der Waals surface area contributed by atoms with Gasteiger partial charge in [-0.2, -0.15) is 5.26 Å². The lowest BCUT2D eigenvalue weighted by atomic mass is 9.90. The fourth-order valence-corrected chi connectivity index (χ4v) is 2.38. The van der Waals surface area contributed by atoms with Crippen molar-refractivity contribution in [3.8, 4) is 6.07 Å². The van der Waals surface area contributed by atoms with Crippen LogP contribution >= 0.6 is 11.6 Å². The van der Waals surface area contributed by atoms with Gasteiger partial charge in [0.15, 0.2) is 6.61 Å². The zero-order valence-electron chi connectivity index (χ0n) is 14.5. The van der Waals surface area contributed by atoms with Crippen molar-refractivity contribution < 1.29 is 18.7 Å². The molecule has 25 heavy (non-hydrogen) atoms. The molecular weight excluding hydrogens is 344 g/mol. The number of fused-ring (bicyclic) bond motifs is 1. The summed E-state index contributed by atoms with van der Waals surface area (Å²) >= 11 is 5.95. The number of nitrogens with zero attached hydrogens (tertiary/aromatic N) is 1. The van der Waals surface area contributed by atoms with Crippen molar-refractivity contribution >= 4 is 34.4 Å². The molecule has 1 amide bonds. The zero-order valence-corrected chi connectivity index (χ0v) is 15.2. The fraction of sp³-hybridized carbons (Fsp3) is 0.389. The van der Waals surface area contributed by atoms with Crippen molar-refractivity contribution in [3.63, 3.8) is 0 Å². The van der Waals surface area contributed by atoms with Gasteiger partial charge in [0, 0.05) is 16.0 Å². The van der Waals surface area contributed by atoms with Crippen LogP contribution in [0.2, 0.25) is 5.02 Å². The first-order valence-corrected chi connectivity index (χ1v) is 8.13. The van der Waals surface area contributed by atoms with Gasteiger partial charge in [-0.25, -0.2) is 4.79 Å². The summed E-state index contributed by atoms with van der Waals surface area (Å²) in [5.41, 5.74) is 0.0670. The lowest BCUT2D eigenvalue weighted by molar-refractivity contribution is -0.125. The number of halogens is 1. The fourth-order valence-electron chi connectivity index (χ4n) is 2.21. The summed E-state index contributed by atoms with van der Waals surface area (Å²) in [6.45, 7) is 6.46. The summed E-state index contributed by atoms with van der Waals surface area (Å²) in [5.74, 6) is -1.37. The van der Waals surface area contributed by atoms with Crippen molar-refractivity contribution in [1.82, 2.24) is 5.32 Å². The highest BCUT2D eigenvalue weighted by Gasteiger charge is 2.30. The third kappa shape index (κ3) is 3.94. The van der Waals surface area contributed by atoms with Gasteiger partial charge in [-0.3, -0.25) is 4.79 Å². The molecule has 1 atom stereocenters. The predicted octanol–water partition coefficient (Wildman–Crippen LogP) is 3.61. The number of nitrogens with one attached hydrogen (secondary N) is 1. The van der Waals surface area contributed by atoms with E-state index in [4.69, 9.17) is 20.8 Å². The average Bonchev–Trinajstić information content (AvgIpc) is 2.89. The van der Waals surface area contributed by atoms with Crippen LogP contribution < -0.4 is 5.32 Å². The van der Waals surface area contributed by atoms with Gasteiger partial charge in [-0.1, -0.05) is 25.4 Å². The number of esters is 1. The molecule has 0 unspecified atom stereocenters. The minimum Gasteiger partial charge on any atom is -0.450 e. The number of rotatable bonds is 5. The van der Waals surface area contributed by atoms with E-state index in [2.05, 4.69) is 11.4 Å². The monoisotopic (exact) mass is 362 g/mol. The number of hydrogen-bond acceptors (Lipinski definition) is 5. The quantitative estimate of drug-likeness (QED) is 0.820. The molecule has 0 aliphatic heterocycles. The molecule has 0 saturated carbocycles. The molecule has 7 heteroatoms. The van der Waals surface area contributed by atoms with Gasteiger partial charge in [0.25, 0.3) is 5.91 Å². The van der Waals surface area contributed by atoms with Crippen molar-refractivity contribution in [3.05, 3.63) is 34.5 Å². The van der Waals surface area contributed by atoms with Crippen LogP contribution in [-0.4, -0.2) is 24.0 Å². The number of carbonyl (C=O) groups excluding carboxylic acids is 2. The first-order chi connectivity index (χ1) is 11.7. The molecule has 0 aliphatic carbocycles. The van der Waals surface area contributed by atoms with E-state index in [9.17, 15) is 14.9 Å². The van der Waals surface area contributed by atoms with E-state index in [0.717, 1.165) is 0 Å². The number of carbonyl (C=O) groups is 2. The van der Waals surface area contributed by atoms with E-state index >= 15 is 0 Å². The summed E-state index contributed by atoms with van der Waals surface area (Å²) in [6.07, 6.45) is 0. The first kappa shape index (κ1) is 18.8. The van der Waals surface area contributed by atoms with Crippen molar-refractivity contribution in [2.45, 2.75) is 33.2 Å².